The maximum atomic E-state index is 11.3. The maximum absolute atomic E-state index is 11.3. The summed E-state index contributed by atoms with van der Waals surface area (Å²) in [5.41, 5.74) is 8.00. The first-order chi connectivity index (χ1) is 9.60. The minimum absolute atomic E-state index is 0.381. The quantitative estimate of drug-likeness (QED) is 0.518. The Kier molecular flexibility index (Phi) is 5.03. The lowest BCUT2D eigenvalue weighted by Gasteiger charge is -2.06. The first-order valence-electron chi connectivity index (χ1n) is 5.81. The Labute approximate surface area is 129 Å². The fourth-order valence-electron chi connectivity index (χ4n) is 1.55. The average molecular weight is 353 g/mol. The van der Waals surface area contributed by atoms with Gasteiger partial charge in [0.1, 0.15) is 0 Å². The molecule has 0 aliphatic heterocycles. The molecule has 0 atom stereocenters. The predicted octanol–water partition coefficient (Wildman–Crippen LogP) is 3.51. The summed E-state index contributed by atoms with van der Waals surface area (Å²) in [6.07, 6.45) is 1.52. The van der Waals surface area contributed by atoms with E-state index in [-0.39, 0.29) is 5.97 Å². The van der Waals surface area contributed by atoms with Crippen molar-refractivity contribution in [2.45, 2.75) is 10.6 Å². The van der Waals surface area contributed by atoms with Crippen LogP contribution in [0.2, 0.25) is 0 Å². The molecule has 20 heavy (non-hydrogen) atoms. The summed E-state index contributed by atoms with van der Waals surface area (Å²) in [5.74, 6) is 0.307. The molecule has 0 saturated carbocycles. The molecule has 0 fully saturated rings. The Bertz CT molecular complexity index is 617. The number of carbonyl (C=O) groups is 1. The van der Waals surface area contributed by atoms with Gasteiger partial charge in [0.2, 0.25) is 0 Å². The van der Waals surface area contributed by atoms with Crippen molar-refractivity contribution in [1.29, 1.82) is 0 Å². The van der Waals surface area contributed by atoms with E-state index in [0.717, 1.165) is 20.7 Å². The number of hydrogen-bond acceptors (Lipinski definition) is 5. The van der Waals surface area contributed by atoms with Gasteiger partial charge >= 0.3 is 5.97 Å². The lowest BCUT2D eigenvalue weighted by molar-refractivity contribution is 0.0600. The van der Waals surface area contributed by atoms with E-state index in [1.807, 2.05) is 24.3 Å². The molecular formula is C14H13BrN2O2S. The molecule has 2 aromatic rings. The SMILES string of the molecule is COC(=O)c1ccc(CSc2ccc(Br)cc2N)nc1. The number of rotatable bonds is 4. The molecular weight excluding hydrogens is 340 g/mol. The molecule has 0 saturated heterocycles. The van der Waals surface area contributed by atoms with Crippen molar-refractivity contribution >= 4 is 39.3 Å². The molecule has 2 N–H and O–H groups in total. The largest absolute Gasteiger partial charge is 0.465 e. The van der Waals surface area contributed by atoms with Crippen molar-refractivity contribution in [3.63, 3.8) is 0 Å². The highest BCUT2D eigenvalue weighted by molar-refractivity contribution is 9.10. The topological polar surface area (TPSA) is 65.2 Å². The van der Waals surface area contributed by atoms with Crippen LogP contribution < -0.4 is 5.73 Å². The minimum Gasteiger partial charge on any atom is -0.465 e. The summed E-state index contributed by atoms with van der Waals surface area (Å²) >= 11 is 4.98. The molecule has 0 aliphatic rings. The van der Waals surface area contributed by atoms with Crippen LogP contribution in [0.15, 0.2) is 45.9 Å². The second-order valence-electron chi connectivity index (χ2n) is 4.00. The van der Waals surface area contributed by atoms with Gasteiger partial charge in [-0.3, -0.25) is 4.98 Å². The summed E-state index contributed by atoms with van der Waals surface area (Å²) in [7, 11) is 1.35. The second-order valence-corrected chi connectivity index (χ2v) is 5.93. The number of benzene rings is 1. The molecule has 104 valence electrons. The minimum atomic E-state index is -0.381. The maximum Gasteiger partial charge on any atom is 0.339 e. The van der Waals surface area contributed by atoms with E-state index >= 15 is 0 Å². The molecule has 0 amide bonds. The molecule has 0 unspecified atom stereocenters. The highest BCUT2D eigenvalue weighted by Gasteiger charge is 2.06. The van der Waals surface area contributed by atoms with Gasteiger partial charge in [-0.1, -0.05) is 15.9 Å². The molecule has 0 radical (unpaired) electrons. The highest BCUT2D eigenvalue weighted by atomic mass is 79.9. The van der Waals surface area contributed by atoms with Crippen LogP contribution in [0.4, 0.5) is 5.69 Å². The zero-order chi connectivity index (χ0) is 14.5. The molecule has 6 heteroatoms. The number of nitrogens with two attached hydrogens (primary N) is 1. The van der Waals surface area contributed by atoms with Gasteiger partial charge in [-0.05, 0) is 30.3 Å². The first kappa shape index (κ1) is 14.9. The van der Waals surface area contributed by atoms with E-state index in [1.54, 1.807) is 17.8 Å². The van der Waals surface area contributed by atoms with Crippen molar-refractivity contribution in [3.8, 4) is 0 Å². The van der Waals surface area contributed by atoms with E-state index < -0.39 is 0 Å². The van der Waals surface area contributed by atoms with Crippen molar-refractivity contribution < 1.29 is 9.53 Å². The molecule has 1 aromatic heterocycles. The van der Waals surface area contributed by atoms with Crippen LogP contribution in [0.1, 0.15) is 16.1 Å². The second kappa shape index (κ2) is 6.76. The van der Waals surface area contributed by atoms with Crippen molar-refractivity contribution in [2.75, 3.05) is 12.8 Å². The van der Waals surface area contributed by atoms with Crippen LogP contribution >= 0.6 is 27.7 Å². The number of thioether (sulfide) groups is 1. The number of carbonyl (C=O) groups excluding carboxylic acids is 1. The molecule has 0 aliphatic carbocycles. The van der Waals surface area contributed by atoms with Crippen LogP contribution in [0.5, 0.6) is 0 Å². The number of esters is 1. The number of pyridine rings is 1. The number of nitrogens with zero attached hydrogens (tertiary/aromatic N) is 1. The van der Waals surface area contributed by atoms with E-state index in [9.17, 15) is 4.79 Å². The number of nitrogen functional groups attached to an aromatic ring is 1. The van der Waals surface area contributed by atoms with Crippen LogP contribution in [0, 0.1) is 0 Å². The Balaban J connectivity index is 2.02. The van der Waals surface area contributed by atoms with E-state index in [2.05, 4.69) is 25.7 Å². The third kappa shape index (κ3) is 3.74. The Morgan fingerprint density at radius 2 is 2.20 bits per heavy atom. The summed E-state index contributed by atoms with van der Waals surface area (Å²) in [4.78, 5) is 16.5. The van der Waals surface area contributed by atoms with Gasteiger partial charge in [-0.15, -0.1) is 11.8 Å². The van der Waals surface area contributed by atoms with Gasteiger partial charge in [-0.25, -0.2) is 4.79 Å². The number of ether oxygens (including phenoxy) is 1. The summed E-state index contributed by atoms with van der Waals surface area (Å²) in [5, 5.41) is 0. The Morgan fingerprint density at radius 1 is 1.40 bits per heavy atom. The van der Waals surface area contributed by atoms with E-state index in [1.165, 1.54) is 13.3 Å². The molecule has 1 heterocycles. The number of hydrogen-bond donors (Lipinski definition) is 1. The third-order valence-electron chi connectivity index (χ3n) is 2.59. The number of aromatic nitrogens is 1. The predicted molar refractivity (Wildman–Crippen MR) is 83.7 cm³/mol. The Morgan fingerprint density at radius 3 is 2.80 bits per heavy atom. The van der Waals surface area contributed by atoms with Crippen molar-refractivity contribution in [1.82, 2.24) is 4.98 Å². The van der Waals surface area contributed by atoms with E-state index in [4.69, 9.17) is 5.73 Å². The highest BCUT2D eigenvalue weighted by Crippen LogP contribution is 2.29. The van der Waals surface area contributed by atoms with Crippen molar-refractivity contribution in [3.05, 3.63) is 52.3 Å². The number of anilines is 1. The molecule has 0 spiro atoms. The summed E-state index contributed by atoms with van der Waals surface area (Å²) < 4.78 is 5.59. The van der Waals surface area contributed by atoms with Crippen LogP contribution in [-0.4, -0.2) is 18.1 Å². The van der Waals surface area contributed by atoms with Gasteiger partial charge in [-0.2, -0.15) is 0 Å². The van der Waals surface area contributed by atoms with Crippen LogP contribution in [-0.2, 0) is 10.5 Å². The number of methoxy groups -OCH3 is 1. The lowest BCUT2D eigenvalue weighted by atomic mass is 10.2. The van der Waals surface area contributed by atoms with Gasteiger partial charge in [0.05, 0.1) is 18.4 Å². The monoisotopic (exact) mass is 352 g/mol. The lowest BCUT2D eigenvalue weighted by Crippen LogP contribution is -2.02. The van der Waals surface area contributed by atoms with Crippen LogP contribution in [0.25, 0.3) is 0 Å². The average Bonchev–Trinajstić information content (AvgIpc) is 2.46. The van der Waals surface area contributed by atoms with Gasteiger partial charge in [0.15, 0.2) is 0 Å². The molecule has 0 bridgehead atoms. The van der Waals surface area contributed by atoms with Gasteiger partial charge < -0.3 is 10.5 Å². The zero-order valence-electron chi connectivity index (χ0n) is 10.8. The Hall–Kier alpha value is -1.53. The fraction of sp³-hybridized carbons (Fsp3) is 0.143. The number of halogens is 1. The standard InChI is InChI=1S/C14H13BrN2O2S/c1-19-14(18)9-2-4-11(17-7-9)8-20-13-5-3-10(15)6-12(13)16/h2-7H,8,16H2,1H3. The van der Waals surface area contributed by atoms with Crippen molar-refractivity contribution in [2.24, 2.45) is 0 Å². The smallest absolute Gasteiger partial charge is 0.339 e. The van der Waals surface area contributed by atoms with Crippen LogP contribution in [0.3, 0.4) is 0 Å². The third-order valence-corrected chi connectivity index (χ3v) is 4.21. The van der Waals surface area contributed by atoms with Gasteiger partial charge in [0.25, 0.3) is 0 Å². The zero-order valence-corrected chi connectivity index (χ0v) is 13.2. The normalized spacial score (nSPS) is 10.3. The molecule has 4 nitrogen and oxygen atoms in total. The summed E-state index contributed by atoms with van der Waals surface area (Å²) in [6.45, 7) is 0. The summed E-state index contributed by atoms with van der Waals surface area (Å²) in [6, 6.07) is 9.31. The molecule has 2 rings (SSSR count). The molecule has 1 aromatic carbocycles. The van der Waals surface area contributed by atoms with E-state index in [0.29, 0.717) is 11.3 Å². The fourth-order valence-corrected chi connectivity index (χ4v) is 2.79. The van der Waals surface area contributed by atoms with Gasteiger partial charge in [0, 0.05) is 27.0 Å². The first-order valence-corrected chi connectivity index (χ1v) is 7.59.